The number of carbonyl (C=O) groups is 1. The Labute approximate surface area is 101 Å². The molecule has 0 aliphatic heterocycles. The summed E-state index contributed by atoms with van der Waals surface area (Å²) < 4.78 is 42.3. The van der Waals surface area contributed by atoms with Gasteiger partial charge in [-0.3, -0.25) is 0 Å². The molecule has 0 aliphatic carbocycles. The Morgan fingerprint density at radius 3 is 2.50 bits per heavy atom. The van der Waals surface area contributed by atoms with E-state index in [1.807, 2.05) is 0 Å². The fourth-order valence-corrected chi connectivity index (χ4v) is 1.28. The zero-order valence-corrected chi connectivity index (χ0v) is 9.28. The van der Waals surface area contributed by atoms with E-state index in [0.717, 1.165) is 19.3 Å². The number of hydrogen-bond donors (Lipinski definition) is 0. The lowest BCUT2D eigenvalue weighted by molar-refractivity contribution is -0.138. The van der Waals surface area contributed by atoms with Crippen LogP contribution in [0.5, 0.6) is 0 Å². The summed E-state index contributed by atoms with van der Waals surface area (Å²) in [4.78, 5) is 11.1. The molecule has 0 heterocycles. The third-order valence-corrected chi connectivity index (χ3v) is 2.09. The third kappa shape index (κ3) is 3.10. The zero-order valence-electron chi connectivity index (χ0n) is 9.28. The predicted molar refractivity (Wildman–Crippen MR) is 57.1 cm³/mol. The van der Waals surface area contributed by atoms with Crippen molar-refractivity contribution < 1.29 is 22.7 Å². The van der Waals surface area contributed by atoms with Crippen LogP contribution in [0.4, 0.5) is 13.2 Å². The zero-order chi connectivity index (χ0) is 13.8. The summed E-state index contributed by atoms with van der Waals surface area (Å²) in [6.45, 7) is 0. The van der Waals surface area contributed by atoms with Gasteiger partial charge in [-0.2, -0.15) is 18.4 Å². The first-order valence-electron chi connectivity index (χ1n) is 4.76. The molecule has 18 heavy (non-hydrogen) atoms. The van der Waals surface area contributed by atoms with Crippen LogP contribution < -0.4 is 0 Å². The lowest BCUT2D eigenvalue weighted by Crippen LogP contribution is -2.08. The van der Waals surface area contributed by atoms with Crippen molar-refractivity contribution in [2.24, 2.45) is 0 Å². The Hall–Kier alpha value is -2.29. The highest BCUT2D eigenvalue weighted by atomic mass is 19.4. The number of esters is 1. The van der Waals surface area contributed by atoms with Gasteiger partial charge in [0.15, 0.2) is 0 Å². The summed E-state index contributed by atoms with van der Waals surface area (Å²) in [6, 6.07) is 6.15. The summed E-state index contributed by atoms with van der Waals surface area (Å²) in [5, 5.41) is 8.68. The van der Waals surface area contributed by atoms with Crippen LogP contribution in [0.3, 0.4) is 0 Å². The Balaban J connectivity index is 3.31. The summed E-state index contributed by atoms with van der Waals surface area (Å²) >= 11 is 0. The van der Waals surface area contributed by atoms with Crippen LogP contribution >= 0.6 is 0 Å². The Morgan fingerprint density at radius 2 is 2.00 bits per heavy atom. The Kier molecular flexibility index (Phi) is 4.10. The number of carbonyl (C=O) groups excluding carboxylic acids is 1. The number of nitriles is 1. The molecule has 0 bridgehead atoms. The molecule has 0 fully saturated rings. The number of methoxy groups -OCH3 is 1. The average molecular weight is 255 g/mol. The lowest BCUT2D eigenvalue weighted by Gasteiger charge is -2.09. The number of alkyl halides is 3. The van der Waals surface area contributed by atoms with Crippen LogP contribution in [-0.2, 0) is 15.7 Å². The van der Waals surface area contributed by atoms with Crippen molar-refractivity contribution in [1.82, 2.24) is 0 Å². The molecule has 0 saturated carbocycles. The second-order valence-corrected chi connectivity index (χ2v) is 3.25. The van der Waals surface area contributed by atoms with E-state index in [1.165, 1.54) is 24.3 Å². The van der Waals surface area contributed by atoms with Gasteiger partial charge in [0.05, 0.1) is 12.7 Å². The van der Waals surface area contributed by atoms with Crippen molar-refractivity contribution in [3.8, 4) is 6.07 Å². The molecule has 0 radical (unpaired) electrons. The van der Waals surface area contributed by atoms with Gasteiger partial charge in [0.2, 0.25) is 0 Å². The normalized spacial score (nSPS) is 11.8. The van der Waals surface area contributed by atoms with E-state index in [2.05, 4.69) is 4.74 Å². The highest BCUT2D eigenvalue weighted by Crippen LogP contribution is 2.32. The molecule has 3 nitrogen and oxygen atoms in total. The number of halogens is 3. The van der Waals surface area contributed by atoms with E-state index in [1.54, 1.807) is 0 Å². The van der Waals surface area contributed by atoms with E-state index >= 15 is 0 Å². The van der Waals surface area contributed by atoms with Crippen LogP contribution in [-0.4, -0.2) is 13.1 Å². The maximum Gasteiger partial charge on any atom is 0.416 e. The molecule has 0 atom stereocenters. The van der Waals surface area contributed by atoms with Gasteiger partial charge in [0.25, 0.3) is 0 Å². The molecule has 6 heteroatoms. The van der Waals surface area contributed by atoms with Crippen molar-refractivity contribution in [1.29, 1.82) is 5.26 Å². The molecule has 0 aliphatic rings. The molecule has 0 aromatic heterocycles. The molecule has 0 spiro atoms. The van der Waals surface area contributed by atoms with E-state index < -0.39 is 23.3 Å². The molecule has 0 N–H and O–H groups in total. The van der Waals surface area contributed by atoms with Gasteiger partial charge in [0, 0.05) is 0 Å². The summed E-state index contributed by atoms with van der Waals surface area (Å²) in [5.74, 6) is -0.977. The molecule has 1 aromatic carbocycles. The molecule has 1 rings (SSSR count). The number of nitrogens with zero attached hydrogens (tertiary/aromatic N) is 1. The Morgan fingerprint density at radius 1 is 1.39 bits per heavy atom. The number of benzene rings is 1. The first-order valence-corrected chi connectivity index (χ1v) is 4.76. The molecule has 1 aromatic rings. The van der Waals surface area contributed by atoms with E-state index in [0.29, 0.717) is 0 Å². The standard InChI is InChI=1S/C12H8F3NO2/c1-18-11(17)9(7-16)6-8-4-2-3-5-10(8)12(13,14)15/h2-6H,1H3/b9-6-. The molecule has 94 valence electrons. The second kappa shape index (κ2) is 5.36. The first kappa shape index (κ1) is 13.8. The van der Waals surface area contributed by atoms with E-state index in [4.69, 9.17) is 5.26 Å². The van der Waals surface area contributed by atoms with Gasteiger partial charge in [-0.1, -0.05) is 18.2 Å². The molecule has 0 unspecified atom stereocenters. The van der Waals surface area contributed by atoms with E-state index in [-0.39, 0.29) is 5.56 Å². The van der Waals surface area contributed by atoms with Crippen molar-refractivity contribution in [2.75, 3.05) is 7.11 Å². The number of hydrogen-bond acceptors (Lipinski definition) is 3. The van der Waals surface area contributed by atoms with Crippen molar-refractivity contribution in [2.45, 2.75) is 6.18 Å². The van der Waals surface area contributed by atoms with Crippen LogP contribution in [0.25, 0.3) is 6.08 Å². The summed E-state index contributed by atoms with van der Waals surface area (Å²) in [5.41, 5.74) is -1.66. The minimum atomic E-state index is -4.55. The van der Waals surface area contributed by atoms with Crippen LogP contribution in [0, 0.1) is 11.3 Å². The van der Waals surface area contributed by atoms with Crippen LogP contribution in [0.2, 0.25) is 0 Å². The van der Waals surface area contributed by atoms with Gasteiger partial charge >= 0.3 is 12.1 Å². The maximum absolute atomic E-state index is 12.7. The molecular formula is C12H8F3NO2. The molecular weight excluding hydrogens is 247 g/mol. The summed E-state index contributed by atoms with van der Waals surface area (Å²) in [6.07, 6.45) is -3.70. The Bertz CT molecular complexity index is 527. The minimum absolute atomic E-state index is 0.257. The number of ether oxygens (including phenoxy) is 1. The second-order valence-electron chi connectivity index (χ2n) is 3.25. The van der Waals surface area contributed by atoms with Gasteiger partial charge in [-0.25, -0.2) is 4.79 Å². The van der Waals surface area contributed by atoms with Crippen molar-refractivity contribution >= 4 is 12.0 Å². The summed E-state index contributed by atoms with van der Waals surface area (Å²) in [7, 11) is 1.04. The van der Waals surface area contributed by atoms with Gasteiger partial charge in [0.1, 0.15) is 11.6 Å². The van der Waals surface area contributed by atoms with Crippen LogP contribution in [0.1, 0.15) is 11.1 Å². The fraction of sp³-hybridized carbons (Fsp3) is 0.167. The molecule has 0 amide bonds. The van der Waals surface area contributed by atoms with E-state index in [9.17, 15) is 18.0 Å². The monoisotopic (exact) mass is 255 g/mol. The topological polar surface area (TPSA) is 50.1 Å². The van der Waals surface area contributed by atoms with Crippen molar-refractivity contribution in [3.05, 3.63) is 41.0 Å². The highest BCUT2D eigenvalue weighted by Gasteiger charge is 2.32. The van der Waals surface area contributed by atoms with Crippen LogP contribution in [0.15, 0.2) is 29.8 Å². The average Bonchev–Trinajstić information content (AvgIpc) is 2.34. The third-order valence-electron chi connectivity index (χ3n) is 2.09. The van der Waals surface area contributed by atoms with Gasteiger partial charge in [-0.15, -0.1) is 0 Å². The molecule has 0 saturated heterocycles. The largest absolute Gasteiger partial charge is 0.465 e. The smallest absolute Gasteiger partial charge is 0.416 e. The fourth-order valence-electron chi connectivity index (χ4n) is 1.28. The number of rotatable bonds is 2. The van der Waals surface area contributed by atoms with Gasteiger partial charge < -0.3 is 4.74 Å². The minimum Gasteiger partial charge on any atom is -0.465 e. The first-order chi connectivity index (χ1) is 8.40. The predicted octanol–water partition coefficient (Wildman–Crippen LogP) is 2.79. The quantitative estimate of drug-likeness (QED) is 0.464. The highest BCUT2D eigenvalue weighted by molar-refractivity contribution is 5.98. The van der Waals surface area contributed by atoms with Gasteiger partial charge in [-0.05, 0) is 17.7 Å². The lowest BCUT2D eigenvalue weighted by atomic mass is 10.0. The maximum atomic E-state index is 12.7. The SMILES string of the molecule is COC(=O)/C(C#N)=C\c1ccccc1C(F)(F)F. The van der Waals surface area contributed by atoms with Crippen molar-refractivity contribution in [3.63, 3.8) is 0 Å².